The monoisotopic (exact) mass is 308 g/mol. The number of hydrogen-bond acceptors (Lipinski definition) is 4. The Hall–Kier alpha value is -1.54. The minimum atomic E-state index is -0.346. The number of nitriles is 1. The number of allylic oxidation sites excluding steroid dienone is 1. The zero-order valence-electron chi connectivity index (χ0n) is 12.6. The summed E-state index contributed by atoms with van der Waals surface area (Å²) in [6.07, 6.45) is 1.12. The van der Waals surface area contributed by atoms with Crippen molar-refractivity contribution < 1.29 is 9.47 Å². The fourth-order valence-corrected chi connectivity index (χ4v) is 2.08. The lowest BCUT2D eigenvalue weighted by atomic mass is 10.1. The molecule has 1 aromatic carbocycles. The molecule has 0 spiro atoms. The molecule has 0 aliphatic carbocycles. The van der Waals surface area contributed by atoms with E-state index in [-0.39, 0.29) is 6.29 Å². The zero-order valence-corrected chi connectivity index (χ0v) is 13.4. The summed E-state index contributed by atoms with van der Waals surface area (Å²) >= 11 is 6.04. The minimum Gasteiger partial charge on any atom is -0.379 e. The summed E-state index contributed by atoms with van der Waals surface area (Å²) in [6, 6.07) is 7.64. The second kappa shape index (κ2) is 9.41. The average molecular weight is 309 g/mol. The largest absolute Gasteiger partial charge is 0.379 e. The standard InChI is InChI=1S/C16H21ClN2O2/c1-4-20-16(21-5-2)11-19-15(8-9-18)14-10-13(17)7-6-12(14)3/h6-8,10,16,19H,4-5,11H2,1-3H3. The van der Waals surface area contributed by atoms with Gasteiger partial charge in [-0.1, -0.05) is 17.7 Å². The van der Waals surface area contributed by atoms with Crippen LogP contribution in [0.15, 0.2) is 24.3 Å². The van der Waals surface area contributed by atoms with Crippen molar-refractivity contribution in [2.45, 2.75) is 27.1 Å². The first kappa shape index (κ1) is 17.5. The summed E-state index contributed by atoms with van der Waals surface area (Å²) in [5.41, 5.74) is 2.65. The number of benzene rings is 1. The molecule has 0 amide bonds. The molecule has 0 atom stereocenters. The number of nitrogens with one attached hydrogen (secondary N) is 1. The first-order valence-electron chi connectivity index (χ1n) is 6.95. The van der Waals surface area contributed by atoms with Crippen molar-refractivity contribution in [2.75, 3.05) is 19.8 Å². The molecule has 0 aliphatic rings. The van der Waals surface area contributed by atoms with Gasteiger partial charge in [0.25, 0.3) is 0 Å². The lowest BCUT2D eigenvalue weighted by Crippen LogP contribution is -2.31. The van der Waals surface area contributed by atoms with Gasteiger partial charge in [-0.25, -0.2) is 0 Å². The van der Waals surface area contributed by atoms with Gasteiger partial charge in [0, 0.05) is 29.9 Å². The molecule has 1 N–H and O–H groups in total. The van der Waals surface area contributed by atoms with Gasteiger partial charge in [0.15, 0.2) is 6.29 Å². The molecule has 0 aliphatic heterocycles. The molecule has 0 heterocycles. The lowest BCUT2D eigenvalue weighted by molar-refractivity contribution is -0.131. The van der Waals surface area contributed by atoms with Crippen molar-refractivity contribution in [3.05, 3.63) is 40.4 Å². The van der Waals surface area contributed by atoms with Crippen molar-refractivity contribution in [3.8, 4) is 6.07 Å². The van der Waals surface area contributed by atoms with Crippen LogP contribution in [0.1, 0.15) is 25.0 Å². The van der Waals surface area contributed by atoms with Gasteiger partial charge in [-0.3, -0.25) is 0 Å². The predicted molar refractivity (Wildman–Crippen MR) is 84.8 cm³/mol. The second-order valence-electron chi connectivity index (χ2n) is 4.37. The maximum Gasteiger partial charge on any atom is 0.174 e. The quantitative estimate of drug-likeness (QED) is 0.590. The van der Waals surface area contributed by atoms with E-state index in [0.717, 1.165) is 11.1 Å². The number of ether oxygens (including phenoxy) is 2. The normalized spacial score (nSPS) is 11.5. The molecule has 0 aromatic heterocycles. The van der Waals surface area contributed by atoms with E-state index in [9.17, 15) is 0 Å². The van der Waals surface area contributed by atoms with Gasteiger partial charge in [0.05, 0.1) is 18.3 Å². The second-order valence-corrected chi connectivity index (χ2v) is 4.80. The van der Waals surface area contributed by atoms with E-state index in [2.05, 4.69) is 11.4 Å². The van der Waals surface area contributed by atoms with Crippen LogP contribution < -0.4 is 5.32 Å². The molecule has 114 valence electrons. The minimum absolute atomic E-state index is 0.346. The van der Waals surface area contributed by atoms with Gasteiger partial charge < -0.3 is 14.8 Å². The lowest BCUT2D eigenvalue weighted by Gasteiger charge is -2.20. The Balaban J connectivity index is 2.86. The molecular weight excluding hydrogens is 288 g/mol. The summed E-state index contributed by atoms with van der Waals surface area (Å²) in [5, 5.41) is 12.8. The number of aryl methyl sites for hydroxylation is 1. The summed E-state index contributed by atoms with van der Waals surface area (Å²) < 4.78 is 11.0. The average Bonchev–Trinajstić information content (AvgIpc) is 2.46. The highest BCUT2D eigenvalue weighted by Crippen LogP contribution is 2.21. The number of rotatable bonds is 8. The zero-order chi connectivity index (χ0) is 15.7. The van der Waals surface area contributed by atoms with E-state index in [1.807, 2.05) is 39.0 Å². The molecule has 0 unspecified atom stereocenters. The number of nitrogens with zero attached hydrogens (tertiary/aromatic N) is 1. The SMILES string of the molecule is CCOC(CNC(=CC#N)c1cc(Cl)ccc1C)OCC. The Kier molecular flexibility index (Phi) is 7.84. The fraction of sp³-hybridized carbons (Fsp3) is 0.438. The van der Waals surface area contributed by atoms with Crippen LogP contribution in [-0.4, -0.2) is 26.0 Å². The summed E-state index contributed by atoms with van der Waals surface area (Å²) in [6.45, 7) is 7.40. The van der Waals surface area contributed by atoms with Gasteiger partial charge in [-0.2, -0.15) is 5.26 Å². The van der Waals surface area contributed by atoms with E-state index >= 15 is 0 Å². The van der Waals surface area contributed by atoms with E-state index < -0.39 is 0 Å². The van der Waals surface area contributed by atoms with Gasteiger partial charge in [0.1, 0.15) is 0 Å². The Morgan fingerprint density at radius 1 is 1.38 bits per heavy atom. The van der Waals surface area contributed by atoms with Gasteiger partial charge in [-0.15, -0.1) is 0 Å². The third kappa shape index (κ3) is 5.76. The summed E-state index contributed by atoms with van der Waals surface area (Å²) in [7, 11) is 0. The van der Waals surface area contributed by atoms with Crippen molar-refractivity contribution in [3.63, 3.8) is 0 Å². The maximum atomic E-state index is 8.97. The van der Waals surface area contributed by atoms with Crippen LogP contribution >= 0.6 is 11.6 Å². The molecule has 0 saturated heterocycles. The van der Waals surface area contributed by atoms with Crippen molar-refractivity contribution in [1.29, 1.82) is 5.26 Å². The molecule has 5 heteroatoms. The first-order valence-corrected chi connectivity index (χ1v) is 7.33. The van der Waals surface area contributed by atoms with Gasteiger partial charge >= 0.3 is 0 Å². The Labute approximate surface area is 131 Å². The molecule has 0 saturated carbocycles. The highest BCUT2D eigenvalue weighted by Gasteiger charge is 2.11. The highest BCUT2D eigenvalue weighted by atomic mass is 35.5. The molecular formula is C16H21ClN2O2. The Morgan fingerprint density at radius 2 is 2.05 bits per heavy atom. The van der Waals surface area contributed by atoms with Crippen molar-refractivity contribution >= 4 is 17.3 Å². The van der Waals surface area contributed by atoms with Crippen molar-refractivity contribution in [2.24, 2.45) is 0 Å². The van der Waals surface area contributed by atoms with Gasteiger partial charge in [-0.05, 0) is 38.5 Å². The van der Waals surface area contributed by atoms with Crippen LogP contribution in [0.2, 0.25) is 5.02 Å². The van der Waals surface area contributed by atoms with E-state index in [4.69, 9.17) is 26.3 Å². The van der Waals surface area contributed by atoms with Gasteiger partial charge in [0.2, 0.25) is 0 Å². The van der Waals surface area contributed by atoms with Crippen LogP contribution in [0, 0.1) is 18.3 Å². The molecule has 1 aromatic rings. The predicted octanol–water partition coefficient (Wildman–Crippen LogP) is 3.50. The van der Waals surface area contributed by atoms with Crippen LogP contribution in [0.3, 0.4) is 0 Å². The van der Waals surface area contributed by atoms with E-state index in [1.54, 1.807) is 0 Å². The molecule has 1 rings (SSSR count). The van der Waals surface area contributed by atoms with Crippen molar-refractivity contribution in [1.82, 2.24) is 5.32 Å². The third-order valence-corrected chi connectivity index (χ3v) is 3.10. The fourth-order valence-electron chi connectivity index (χ4n) is 1.90. The topological polar surface area (TPSA) is 54.3 Å². The van der Waals surface area contributed by atoms with E-state index in [1.165, 1.54) is 6.08 Å². The van der Waals surface area contributed by atoms with Crippen LogP contribution in [0.5, 0.6) is 0 Å². The first-order chi connectivity index (χ1) is 10.1. The molecule has 21 heavy (non-hydrogen) atoms. The Morgan fingerprint density at radius 3 is 2.62 bits per heavy atom. The summed E-state index contributed by atoms with van der Waals surface area (Å²) in [5.74, 6) is 0. The van der Waals surface area contributed by atoms with Crippen LogP contribution in [0.25, 0.3) is 5.70 Å². The number of halogens is 1. The van der Waals surface area contributed by atoms with E-state index in [0.29, 0.717) is 30.5 Å². The molecule has 0 radical (unpaired) electrons. The van der Waals surface area contributed by atoms with Crippen LogP contribution in [-0.2, 0) is 9.47 Å². The Bertz CT molecular complexity index is 517. The highest BCUT2D eigenvalue weighted by molar-refractivity contribution is 6.30. The number of hydrogen-bond donors (Lipinski definition) is 1. The molecule has 4 nitrogen and oxygen atoms in total. The summed E-state index contributed by atoms with van der Waals surface area (Å²) in [4.78, 5) is 0. The van der Waals surface area contributed by atoms with Crippen LogP contribution in [0.4, 0.5) is 0 Å². The maximum absolute atomic E-state index is 8.97. The molecule has 0 bridgehead atoms. The molecule has 0 fully saturated rings. The smallest absolute Gasteiger partial charge is 0.174 e. The third-order valence-electron chi connectivity index (χ3n) is 2.86.